The van der Waals surface area contributed by atoms with Gasteiger partial charge in [-0.05, 0) is 67.2 Å². The maximum Gasteiger partial charge on any atom is 0.257 e. The third kappa shape index (κ3) is 6.17. The van der Waals surface area contributed by atoms with Crippen LogP contribution in [0.3, 0.4) is 0 Å². The number of carbonyl (C=O) groups excluding carboxylic acids is 2. The van der Waals surface area contributed by atoms with Gasteiger partial charge in [-0.15, -0.1) is 0 Å². The molecular formula is C28H29ClN4O4S. The zero-order chi connectivity index (χ0) is 27.2. The van der Waals surface area contributed by atoms with Crippen molar-refractivity contribution in [2.75, 3.05) is 50.6 Å². The minimum atomic E-state index is -0.385. The molecule has 0 radical (unpaired) electrons. The molecule has 1 aliphatic heterocycles. The number of anilines is 2. The lowest BCUT2D eigenvalue weighted by Gasteiger charge is -2.36. The van der Waals surface area contributed by atoms with Crippen LogP contribution in [0.5, 0.6) is 11.5 Å². The number of amides is 2. The van der Waals surface area contributed by atoms with Crippen LogP contribution in [-0.4, -0.2) is 62.2 Å². The number of ether oxygens (including phenoxy) is 2. The Morgan fingerprint density at radius 1 is 0.921 bits per heavy atom. The average molecular weight is 553 g/mol. The predicted octanol–water partition coefficient (Wildman–Crippen LogP) is 4.75. The normalized spacial score (nSPS) is 13.1. The fraction of sp³-hybridized carbons (Fsp3) is 0.250. The van der Waals surface area contributed by atoms with Gasteiger partial charge in [0.2, 0.25) is 0 Å². The lowest BCUT2D eigenvalue weighted by atomic mass is 10.1. The van der Waals surface area contributed by atoms with Gasteiger partial charge >= 0.3 is 0 Å². The number of nitrogens with zero attached hydrogens (tertiary/aromatic N) is 2. The van der Waals surface area contributed by atoms with Gasteiger partial charge in [0.15, 0.2) is 16.6 Å². The highest BCUT2D eigenvalue weighted by molar-refractivity contribution is 7.80. The summed E-state index contributed by atoms with van der Waals surface area (Å²) in [5.41, 5.74) is 3.61. The first kappa shape index (κ1) is 27.2. The van der Waals surface area contributed by atoms with E-state index in [1.54, 1.807) is 24.3 Å². The number of methoxy groups -OCH3 is 2. The maximum absolute atomic E-state index is 12.9. The van der Waals surface area contributed by atoms with Gasteiger partial charge < -0.3 is 24.6 Å². The number of hydrogen-bond acceptors (Lipinski definition) is 6. The van der Waals surface area contributed by atoms with Crippen molar-refractivity contribution in [1.82, 2.24) is 10.2 Å². The van der Waals surface area contributed by atoms with Crippen LogP contribution >= 0.6 is 23.8 Å². The monoisotopic (exact) mass is 552 g/mol. The van der Waals surface area contributed by atoms with Gasteiger partial charge in [-0.25, -0.2) is 0 Å². The first-order chi connectivity index (χ1) is 18.3. The van der Waals surface area contributed by atoms with E-state index >= 15 is 0 Å². The van der Waals surface area contributed by atoms with Gasteiger partial charge in [0, 0.05) is 43.0 Å². The molecule has 0 spiro atoms. The summed E-state index contributed by atoms with van der Waals surface area (Å²) in [5, 5.41) is 6.34. The molecule has 3 aromatic rings. The number of rotatable bonds is 6. The molecule has 2 N–H and O–H groups in total. The Hall–Kier alpha value is -3.82. The molecule has 3 aromatic carbocycles. The first-order valence-electron chi connectivity index (χ1n) is 12.0. The van der Waals surface area contributed by atoms with Crippen LogP contribution in [0.1, 0.15) is 26.3 Å². The van der Waals surface area contributed by atoms with Crippen LogP contribution in [0.2, 0.25) is 5.02 Å². The van der Waals surface area contributed by atoms with E-state index in [0.29, 0.717) is 54.0 Å². The minimum Gasteiger partial charge on any atom is -0.493 e. The second kappa shape index (κ2) is 12.1. The number of halogens is 1. The molecule has 8 nitrogen and oxygen atoms in total. The van der Waals surface area contributed by atoms with Gasteiger partial charge in [-0.2, -0.15) is 0 Å². The summed E-state index contributed by atoms with van der Waals surface area (Å²) < 4.78 is 10.5. The standard InChI is InChI=1S/C28H29ClN4O4S/c1-18-6-4-5-7-21(18)27(35)33-14-12-32(13-15-33)23-10-9-20(17-22(23)29)30-28(38)31-26(34)19-8-11-24(36-2)25(16-19)37-3/h4-11,16-17H,12-15H2,1-3H3,(H2,30,31,34,38). The third-order valence-corrected chi connectivity index (χ3v) is 6.87. The molecule has 198 valence electrons. The number of nitrogens with one attached hydrogen (secondary N) is 2. The van der Waals surface area contributed by atoms with Gasteiger partial charge in [0.05, 0.1) is 24.9 Å². The number of carbonyl (C=O) groups is 2. The number of thiocarbonyl (C=S) groups is 1. The van der Waals surface area contributed by atoms with E-state index < -0.39 is 0 Å². The predicted molar refractivity (Wildman–Crippen MR) is 154 cm³/mol. The zero-order valence-electron chi connectivity index (χ0n) is 21.4. The number of benzene rings is 3. The highest BCUT2D eigenvalue weighted by Gasteiger charge is 2.24. The van der Waals surface area contributed by atoms with Crippen molar-refractivity contribution in [1.29, 1.82) is 0 Å². The third-order valence-electron chi connectivity index (χ3n) is 6.36. The van der Waals surface area contributed by atoms with Crippen LogP contribution in [0.15, 0.2) is 60.7 Å². The van der Waals surface area contributed by atoms with Gasteiger partial charge in [-0.1, -0.05) is 29.8 Å². The van der Waals surface area contributed by atoms with Crippen LogP contribution in [0, 0.1) is 6.92 Å². The molecule has 4 rings (SSSR count). The Morgan fingerprint density at radius 3 is 2.29 bits per heavy atom. The molecule has 0 aromatic heterocycles. The number of hydrogen-bond donors (Lipinski definition) is 2. The van der Waals surface area contributed by atoms with Crippen LogP contribution in [0.25, 0.3) is 0 Å². The second-order valence-corrected chi connectivity index (χ2v) is 9.55. The average Bonchev–Trinajstić information content (AvgIpc) is 2.92. The topological polar surface area (TPSA) is 83.1 Å². The summed E-state index contributed by atoms with van der Waals surface area (Å²) in [5.74, 6) is 0.641. The summed E-state index contributed by atoms with van der Waals surface area (Å²) in [7, 11) is 3.03. The first-order valence-corrected chi connectivity index (χ1v) is 12.8. The van der Waals surface area contributed by atoms with Crippen LogP contribution < -0.4 is 25.0 Å². The molecule has 1 saturated heterocycles. The van der Waals surface area contributed by atoms with E-state index in [1.807, 2.05) is 48.2 Å². The van der Waals surface area contributed by atoms with Crippen molar-refractivity contribution in [3.05, 3.63) is 82.4 Å². The number of aryl methyl sites for hydroxylation is 1. The SMILES string of the molecule is COc1ccc(C(=O)NC(=S)Nc2ccc(N3CCN(C(=O)c4ccccc4C)CC3)c(Cl)c2)cc1OC. The van der Waals surface area contributed by atoms with E-state index in [9.17, 15) is 9.59 Å². The largest absolute Gasteiger partial charge is 0.493 e. The van der Waals surface area contributed by atoms with E-state index in [2.05, 4.69) is 15.5 Å². The van der Waals surface area contributed by atoms with Crippen LogP contribution in [0.4, 0.5) is 11.4 Å². The minimum absolute atomic E-state index is 0.0528. The molecule has 2 amide bonds. The highest BCUT2D eigenvalue weighted by Crippen LogP contribution is 2.30. The van der Waals surface area contributed by atoms with Crippen molar-refractivity contribution in [2.45, 2.75) is 6.92 Å². The van der Waals surface area contributed by atoms with Crippen molar-refractivity contribution in [3.63, 3.8) is 0 Å². The molecule has 0 bridgehead atoms. The van der Waals surface area contributed by atoms with E-state index in [-0.39, 0.29) is 16.9 Å². The summed E-state index contributed by atoms with van der Waals surface area (Å²) in [6, 6.07) is 18.0. The Morgan fingerprint density at radius 2 is 1.63 bits per heavy atom. The molecule has 10 heteroatoms. The summed E-state index contributed by atoms with van der Waals surface area (Å²) in [6.07, 6.45) is 0. The molecule has 0 saturated carbocycles. The van der Waals surface area contributed by atoms with Crippen molar-refractivity contribution in [3.8, 4) is 11.5 Å². The molecule has 1 fully saturated rings. The summed E-state index contributed by atoms with van der Waals surface area (Å²) in [4.78, 5) is 29.6. The highest BCUT2D eigenvalue weighted by atomic mass is 35.5. The molecule has 1 heterocycles. The van der Waals surface area contributed by atoms with E-state index in [0.717, 1.165) is 16.8 Å². The fourth-order valence-corrected chi connectivity index (χ4v) is 4.80. The quantitative estimate of drug-likeness (QED) is 0.427. The Bertz CT molecular complexity index is 1360. The lowest BCUT2D eigenvalue weighted by Crippen LogP contribution is -2.49. The van der Waals surface area contributed by atoms with Crippen molar-refractivity contribution >= 4 is 52.1 Å². The summed E-state index contributed by atoms with van der Waals surface area (Å²) >= 11 is 11.9. The van der Waals surface area contributed by atoms with E-state index in [1.165, 1.54) is 14.2 Å². The smallest absolute Gasteiger partial charge is 0.257 e. The molecule has 0 atom stereocenters. The Labute approximate surface area is 232 Å². The van der Waals surface area contributed by atoms with Crippen LogP contribution in [-0.2, 0) is 0 Å². The Balaban J connectivity index is 1.33. The van der Waals surface area contributed by atoms with Crippen molar-refractivity contribution < 1.29 is 19.1 Å². The molecule has 0 aliphatic carbocycles. The molecular weight excluding hydrogens is 524 g/mol. The zero-order valence-corrected chi connectivity index (χ0v) is 23.0. The molecule has 0 unspecified atom stereocenters. The second-order valence-electron chi connectivity index (χ2n) is 8.74. The van der Waals surface area contributed by atoms with E-state index in [4.69, 9.17) is 33.3 Å². The maximum atomic E-state index is 12.9. The van der Waals surface area contributed by atoms with Gasteiger partial charge in [0.1, 0.15) is 0 Å². The lowest BCUT2D eigenvalue weighted by molar-refractivity contribution is 0.0746. The number of piperazine rings is 1. The van der Waals surface area contributed by atoms with Gasteiger partial charge in [0.25, 0.3) is 11.8 Å². The Kier molecular flexibility index (Phi) is 8.70. The van der Waals surface area contributed by atoms with Gasteiger partial charge in [-0.3, -0.25) is 14.9 Å². The summed E-state index contributed by atoms with van der Waals surface area (Å²) in [6.45, 7) is 4.51. The van der Waals surface area contributed by atoms with Crippen molar-refractivity contribution in [2.24, 2.45) is 0 Å². The fourth-order valence-electron chi connectivity index (χ4n) is 4.29. The molecule has 1 aliphatic rings. The molecule has 38 heavy (non-hydrogen) atoms.